The summed E-state index contributed by atoms with van der Waals surface area (Å²) in [5.74, 6) is -1.08. The van der Waals surface area contributed by atoms with Crippen LogP contribution < -0.4 is 5.32 Å². The highest BCUT2D eigenvalue weighted by Crippen LogP contribution is 2.27. The molecule has 31 heavy (non-hydrogen) atoms. The highest BCUT2D eigenvalue weighted by atomic mass is 16.5. The molecular weight excluding hydrogens is 394 g/mol. The zero-order chi connectivity index (χ0) is 21.6. The number of hydrogen-bond donors (Lipinski definition) is 1. The highest BCUT2D eigenvalue weighted by molar-refractivity contribution is 6.00. The molecule has 1 amide bonds. The van der Waals surface area contributed by atoms with Crippen molar-refractivity contribution in [3.8, 4) is 16.8 Å². The van der Waals surface area contributed by atoms with Gasteiger partial charge in [0, 0.05) is 11.3 Å². The summed E-state index contributed by atoms with van der Waals surface area (Å²) < 4.78 is 6.78. The molecule has 0 aliphatic heterocycles. The second kappa shape index (κ2) is 9.00. The van der Waals surface area contributed by atoms with Gasteiger partial charge in [-0.3, -0.25) is 4.79 Å². The first-order valence-electron chi connectivity index (χ1n) is 9.62. The summed E-state index contributed by atoms with van der Waals surface area (Å²) in [5, 5.41) is 13.8. The Morgan fingerprint density at radius 1 is 0.935 bits per heavy atom. The van der Waals surface area contributed by atoms with Crippen LogP contribution in [0.4, 0.5) is 5.69 Å². The maximum absolute atomic E-state index is 12.8. The minimum atomic E-state index is -1.02. The van der Waals surface area contributed by atoms with E-state index < -0.39 is 18.0 Å². The lowest BCUT2D eigenvalue weighted by molar-refractivity contribution is -0.123. The van der Waals surface area contributed by atoms with E-state index in [0.717, 1.165) is 11.1 Å². The predicted molar refractivity (Wildman–Crippen MR) is 115 cm³/mol. The number of amides is 1. The van der Waals surface area contributed by atoms with E-state index in [2.05, 4.69) is 20.8 Å². The van der Waals surface area contributed by atoms with Crippen molar-refractivity contribution in [3.05, 3.63) is 90.8 Å². The van der Waals surface area contributed by atoms with Gasteiger partial charge >= 0.3 is 5.97 Å². The molecule has 154 valence electrons. The summed E-state index contributed by atoms with van der Waals surface area (Å²) in [4.78, 5) is 25.5. The van der Waals surface area contributed by atoms with Gasteiger partial charge in [0.1, 0.15) is 6.33 Å². The van der Waals surface area contributed by atoms with Crippen molar-refractivity contribution in [2.75, 3.05) is 5.32 Å². The number of tetrazole rings is 1. The molecule has 4 rings (SSSR count). The molecule has 0 bridgehead atoms. The van der Waals surface area contributed by atoms with E-state index in [1.807, 2.05) is 54.6 Å². The van der Waals surface area contributed by atoms with Crippen molar-refractivity contribution in [2.45, 2.75) is 13.0 Å². The minimum Gasteiger partial charge on any atom is -0.449 e. The molecule has 0 saturated heterocycles. The summed E-state index contributed by atoms with van der Waals surface area (Å²) in [6, 6.07) is 23.9. The van der Waals surface area contributed by atoms with Crippen LogP contribution in [0.15, 0.2) is 85.2 Å². The van der Waals surface area contributed by atoms with Crippen molar-refractivity contribution < 1.29 is 14.3 Å². The fourth-order valence-electron chi connectivity index (χ4n) is 3.09. The number of carbonyl (C=O) groups excluding carboxylic acids is 2. The minimum absolute atomic E-state index is 0.249. The fraction of sp³-hybridized carbons (Fsp3) is 0.0870. The molecular formula is C23H19N5O3. The Hall–Kier alpha value is -4.33. The lowest BCUT2D eigenvalue weighted by Gasteiger charge is -2.16. The number of carbonyl (C=O) groups is 2. The van der Waals surface area contributed by atoms with Crippen LogP contribution in [0.25, 0.3) is 16.8 Å². The molecule has 1 aromatic heterocycles. The third-order valence-electron chi connectivity index (χ3n) is 4.64. The van der Waals surface area contributed by atoms with Crippen LogP contribution in [0.5, 0.6) is 0 Å². The molecule has 0 saturated carbocycles. The molecule has 8 heteroatoms. The number of benzene rings is 3. The Morgan fingerprint density at radius 2 is 1.65 bits per heavy atom. The van der Waals surface area contributed by atoms with Gasteiger partial charge in [-0.25, -0.2) is 4.79 Å². The monoisotopic (exact) mass is 413 g/mol. The van der Waals surface area contributed by atoms with Crippen molar-refractivity contribution >= 4 is 17.6 Å². The molecule has 0 unspecified atom stereocenters. The van der Waals surface area contributed by atoms with E-state index in [1.165, 1.54) is 17.9 Å². The van der Waals surface area contributed by atoms with Gasteiger partial charge in [0.05, 0.1) is 11.3 Å². The Balaban J connectivity index is 1.49. The van der Waals surface area contributed by atoms with Crippen LogP contribution in [-0.2, 0) is 9.53 Å². The smallest absolute Gasteiger partial charge is 0.341 e. The van der Waals surface area contributed by atoms with Crippen LogP contribution in [0.2, 0.25) is 0 Å². The fourth-order valence-corrected chi connectivity index (χ4v) is 3.09. The second-order valence-corrected chi connectivity index (χ2v) is 6.72. The van der Waals surface area contributed by atoms with E-state index >= 15 is 0 Å². The normalized spacial score (nSPS) is 11.5. The lowest BCUT2D eigenvalue weighted by atomic mass is 10.0. The van der Waals surface area contributed by atoms with Crippen molar-refractivity contribution in [2.24, 2.45) is 0 Å². The number of nitrogens with zero attached hydrogens (tertiary/aromatic N) is 4. The lowest BCUT2D eigenvalue weighted by Crippen LogP contribution is -2.30. The zero-order valence-corrected chi connectivity index (χ0v) is 16.7. The number of nitrogens with one attached hydrogen (secondary N) is 1. The van der Waals surface area contributed by atoms with Gasteiger partial charge in [0.15, 0.2) is 6.10 Å². The van der Waals surface area contributed by atoms with Gasteiger partial charge in [0.2, 0.25) is 0 Å². The maximum Gasteiger partial charge on any atom is 0.341 e. The first-order valence-corrected chi connectivity index (χ1v) is 9.62. The number of rotatable bonds is 6. The van der Waals surface area contributed by atoms with Gasteiger partial charge < -0.3 is 10.1 Å². The standard InChI is InChI=1S/C23H19N5O3/c1-16(31-23(30)19-12-6-8-14-21(19)28-15-24-26-27-28)22(29)25-20-13-7-5-11-18(20)17-9-3-2-4-10-17/h2-16H,1H3,(H,25,29)/t16-/m1/s1. The number of aromatic nitrogens is 4. The number of para-hydroxylation sites is 2. The molecule has 3 aromatic carbocycles. The van der Waals surface area contributed by atoms with Crippen molar-refractivity contribution in [1.29, 1.82) is 0 Å². The predicted octanol–water partition coefficient (Wildman–Crippen LogP) is 3.51. The molecule has 4 aromatic rings. The first kappa shape index (κ1) is 20.0. The number of anilines is 1. The summed E-state index contributed by atoms with van der Waals surface area (Å²) >= 11 is 0. The average molecular weight is 413 g/mol. The number of hydrogen-bond acceptors (Lipinski definition) is 6. The topological polar surface area (TPSA) is 99.0 Å². The third kappa shape index (κ3) is 4.48. The Labute approximate surface area is 178 Å². The van der Waals surface area contributed by atoms with Gasteiger partial charge in [-0.1, -0.05) is 60.7 Å². The molecule has 0 aliphatic rings. The Bertz CT molecular complexity index is 1190. The van der Waals surface area contributed by atoms with Gasteiger partial charge in [-0.05, 0) is 41.1 Å². The summed E-state index contributed by atoms with van der Waals surface area (Å²) in [6.45, 7) is 1.53. The Kier molecular flexibility index (Phi) is 5.79. The third-order valence-corrected chi connectivity index (χ3v) is 4.64. The molecule has 0 fully saturated rings. The zero-order valence-electron chi connectivity index (χ0n) is 16.7. The highest BCUT2D eigenvalue weighted by Gasteiger charge is 2.22. The molecule has 1 atom stereocenters. The summed E-state index contributed by atoms with van der Waals surface area (Å²) in [6.07, 6.45) is 0.362. The largest absolute Gasteiger partial charge is 0.449 e. The molecule has 1 N–H and O–H groups in total. The van der Waals surface area contributed by atoms with E-state index in [4.69, 9.17) is 4.74 Å². The molecule has 0 radical (unpaired) electrons. The van der Waals surface area contributed by atoms with Crippen LogP contribution >= 0.6 is 0 Å². The molecule has 1 heterocycles. The molecule has 8 nitrogen and oxygen atoms in total. The quantitative estimate of drug-likeness (QED) is 0.486. The summed E-state index contributed by atoms with van der Waals surface area (Å²) in [5.41, 5.74) is 3.19. The Morgan fingerprint density at radius 3 is 2.42 bits per heavy atom. The van der Waals surface area contributed by atoms with Crippen LogP contribution in [0.1, 0.15) is 17.3 Å². The van der Waals surface area contributed by atoms with E-state index in [-0.39, 0.29) is 5.56 Å². The molecule has 0 spiro atoms. The van der Waals surface area contributed by atoms with E-state index in [0.29, 0.717) is 11.4 Å². The van der Waals surface area contributed by atoms with E-state index in [9.17, 15) is 9.59 Å². The van der Waals surface area contributed by atoms with Gasteiger partial charge in [-0.15, -0.1) is 5.10 Å². The number of ether oxygens (including phenoxy) is 1. The van der Waals surface area contributed by atoms with Gasteiger partial charge in [-0.2, -0.15) is 4.68 Å². The second-order valence-electron chi connectivity index (χ2n) is 6.72. The average Bonchev–Trinajstić information content (AvgIpc) is 3.35. The van der Waals surface area contributed by atoms with E-state index in [1.54, 1.807) is 24.3 Å². The van der Waals surface area contributed by atoms with Crippen molar-refractivity contribution in [3.63, 3.8) is 0 Å². The number of esters is 1. The SMILES string of the molecule is C[C@@H](OC(=O)c1ccccc1-n1cnnn1)C(=O)Nc1ccccc1-c1ccccc1. The molecule has 0 aliphatic carbocycles. The maximum atomic E-state index is 12.8. The van der Waals surface area contributed by atoms with Crippen LogP contribution in [0, 0.1) is 0 Å². The van der Waals surface area contributed by atoms with Crippen LogP contribution in [0.3, 0.4) is 0 Å². The first-order chi connectivity index (χ1) is 15.1. The summed E-state index contributed by atoms with van der Waals surface area (Å²) in [7, 11) is 0. The van der Waals surface area contributed by atoms with Gasteiger partial charge in [0.25, 0.3) is 5.91 Å². The van der Waals surface area contributed by atoms with Crippen molar-refractivity contribution in [1.82, 2.24) is 20.2 Å². The van der Waals surface area contributed by atoms with Crippen LogP contribution in [-0.4, -0.2) is 38.2 Å².